The van der Waals surface area contributed by atoms with Crippen molar-refractivity contribution in [2.75, 3.05) is 18.9 Å². The fourth-order valence-corrected chi connectivity index (χ4v) is 1.95. The summed E-state index contributed by atoms with van der Waals surface area (Å²) >= 11 is 0. The Morgan fingerprint density at radius 1 is 1.46 bits per heavy atom. The summed E-state index contributed by atoms with van der Waals surface area (Å²) in [5, 5.41) is 9.35. The Hall–Kier alpha value is -2.21. The highest BCUT2D eigenvalue weighted by Gasteiger charge is 2.21. The molecule has 0 radical (unpaired) electrons. The largest absolute Gasteiger partial charge is 0.462 e. The van der Waals surface area contributed by atoms with Gasteiger partial charge in [0.25, 0.3) is 5.56 Å². The van der Waals surface area contributed by atoms with Crippen molar-refractivity contribution in [1.82, 2.24) is 19.5 Å². The number of aromatic amines is 1. The number of nitrogens with zero attached hydrogens (tertiary/aromatic N) is 3. The van der Waals surface area contributed by atoms with Gasteiger partial charge in [0.05, 0.1) is 12.9 Å². The lowest BCUT2D eigenvalue weighted by molar-refractivity contribution is -0.153. The van der Waals surface area contributed by atoms with Crippen LogP contribution in [0, 0.1) is 5.92 Å². The maximum absolute atomic E-state index is 11.7. The van der Waals surface area contributed by atoms with Crippen molar-refractivity contribution in [3.63, 3.8) is 0 Å². The fraction of sp³-hybridized carbons (Fsp3) is 0.571. The van der Waals surface area contributed by atoms with E-state index in [4.69, 9.17) is 20.9 Å². The lowest BCUT2D eigenvalue weighted by Crippen LogP contribution is -2.39. The summed E-state index contributed by atoms with van der Waals surface area (Å²) in [6, 6.07) is -0.740. The molecule has 2 heterocycles. The molecule has 0 saturated heterocycles. The highest BCUT2D eigenvalue weighted by molar-refractivity contribution is 5.85. The number of fused-ring (bicyclic) bond motifs is 1. The number of carbonyl (C=O) groups excluding carboxylic acids is 1. The summed E-state index contributed by atoms with van der Waals surface area (Å²) in [6.07, 6.45) is 0.599. The molecule has 146 valence electrons. The van der Waals surface area contributed by atoms with Crippen LogP contribution in [0.4, 0.5) is 5.95 Å². The molecule has 2 rings (SSSR count). The van der Waals surface area contributed by atoms with Crippen LogP contribution in [0.25, 0.3) is 11.2 Å². The standard InChI is InChI=1S/C14H22N6O5.ClH/c1-7(2)9(15)13(23)24-4-8(3-21)25-6-20-5-17-10-11(20)18-14(16)19-12(10)22;/h5,7-9,21H,3-4,6,15H2,1-2H3,(H3,16,18,19,22);1H/t8?,9-;/m1./s1. The van der Waals surface area contributed by atoms with E-state index in [2.05, 4.69) is 15.0 Å². The molecule has 0 amide bonds. The van der Waals surface area contributed by atoms with Crippen LogP contribution in [0.1, 0.15) is 13.8 Å². The molecule has 26 heavy (non-hydrogen) atoms. The number of aliphatic hydroxyl groups excluding tert-OH is 1. The first-order chi connectivity index (χ1) is 11.8. The Balaban J connectivity index is 0.00000338. The molecule has 0 aliphatic carbocycles. The predicted octanol–water partition coefficient (Wildman–Crippen LogP) is -1.01. The third-order valence-electron chi connectivity index (χ3n) is 3.55. The van der Waals surface area contributed by atoms with Gasteiger partial charge in [0.15, 0.2) is 11.2 Å². The summed E-state index contributed by atoms with van der Waals surface area (Å²) < 4.78 is 12.0. The van der Waals surface area contributed by atoms with Crippen molar-refractivity contribution in [3.05, 3.63) is 16.7 Å². The first-order valence-corrected chi connectivity index (χ1v) is 7.68. The molecule has 0 spiro atoms. The van der Waals surface area contributed by atoms with Gasteiger partial charge in [0.1, 0.15) is 25.5 Å². The second-order valence-electron chi connectivity index (χ2n) is 5.84. The smallest absolute Gasteiger partial charge is 0.323 e. The zero-order valence-electron chi connectivity index (χ0n) is 14.4. The van der Waals surface area contributed by atoms with Gasteiger partial charge in [0, 0.05) is 0 Å². The van der Waals surface area contributed by atoms with Gasteiger partial charge < -0.3 is 26.0 Å². The fourth-order valence-electron chi connectivity index (χ4n) is 1.95. The molecule has 1 unspecified atom stereocenters. The molecule has 2 aromatic rings. The number of aromatic nitrogens is 4. The number of ether oxygens (including phenoxy) is 2. The summed E-state index contributed by atoms with van der Waals surface area (Å²) in [7, 11) is 0. The van der Waals surface area contributed by atoms with Crippen LogP contribution < -0.4 is 17.0 Å². The highest BCUT2D eigenvalue weighted by atomic mass is 35.5. The SMILES string of the molecule is CC(C)[C@@H](N)C(=O)OCC(CO)OCn1cnc2c(=O)[nH]c(N)nc21.Cl. The lowest BCUT2D eigenvalue weighted by Gasteiger charge is -2.19. The van der Waals surface area contributed by atoms with Crippen molar-refractivity contribution in [2.45, 2.75) is 32.7 Å². The molecule has 0 fully saturated rings. The minimum atomic E-state index is -0.764. The Kier molecular flexibility index (Phi) is 7.96. The number of carbonyl (C=O) groups is 1. The first-order valence-electron chi connectivity index (χ1n) is 7.68. The molecule has 0 aromatic carbocycles. The van der Waals surface area contributed by atoms with Crippen LogP contribution in [0.15, 0.2) is 11.1 Å². The second kappa shape index (κ2) is 9.48. The highest BCUT2D eigenvalue weighted by Crippen LogP contribution is 2.08. The third kappa shape index (κ3) is 5.14. The predicted molar refractivity (Wildman–Crippen MR) is 95.5 cm³/mol. The Bertz CT molecular complexity index is 792. The van der Waals surface area contributed by atoms with E-state index in [9.17, 15) is 14.7 Å². The summed E-state index contributed by atoms with van der Waals surface area (Å²) in [6.45, 7) is 3.02. The number of halogens is 1. The Morgan fingerprint density at radius 2 is 2.15 bits per heavy atom. The molecule has 0 bridgehead atoms. The zero-order chi connectivity index (χ0) is 18.6. The topological polar surface area (TPSA) is 171 Å². The van der Waals surface area contributed by atoms with Crippen molar-refractivity contribution in [3.8, 4) is 0 Å². The van der Waals surface area contributed by atoms with Gasteiger partial charge in [0.2, 0.25) is 5.95 Å². The van der Waals surface area contributed by atoms with Gasteiger partial charge >= 0.3 is 5.97 Å². The van der Waals surface area contributed by atoms with E-state index in [1.165, 1.54) is 10.9 Å². The van der Waals surface area contributed by atoms with Crippen LogP contribution >= 0.6 is 12.4 Å². The number of hydrogen-bond acceptors (Lipinski definition) is 9. The Morgan fingerprint density at radius 3 is 2.77 bits per heavy atom. The minimum Gasteiger partial charge on any atom is -0.462 e. The summed E-state index contributed by atoms with van der Waals surface area (Å²) in [5.74, 6) is -0.673. The van der Waals surface area contributed by atoms with Crippen molar-refractivity contribution in [1.29, 1.82) is 0 Å². The second-order valence-corrected chi connectivity index (χ2v) is 5.84. The van der Waals surface area contributed by atoms with E-state index in [-0.39, 0.29) is 55.4 Å². The molecule has 12 heteroatoms. The number of rotatable bonds is 8. The Labute approximate surface area is 155 Å². The van der Waals surface area contributed by atoms with E-state index in [0.717, 1.165) is 0 Å². The molecular weight excluding hydrogens is 368 g/mol. The molecule has 11 nitrogen and oxygen atoms in total. The average Bonchev–Trinajstić information content (AvgIpc) is 2.97. The number of H-pyrrole nitrogens is 1. The van der Waals surface area contributed by atoms with E-state index in [0.29, 0.717) is 0 Å². The molecule has 6 N–H and O–H groups in total. The van der Waals surface area contributed by atoms with Crippen LogP contribution in [-0.2, 0) is 21.0 Å². The van der Waals surface area contributed by atoms with Crippen LogP contribution in [0.2, 0.25) is 0 Å². The quantitative estimate of drug-likeness (QED) is 0.412. The first kappa shape index (κ1) is 21.8. The van der Waals surface area contributed by atoms with Crippen molar-refractivity contribution in [2.24, 2.45) is 11.7 Å². The van der Waals surface area contributed by atoms with E-state index in [1.54, 1.807) is 13.8 Å². The van der Waals surface area contributed by atoms with Gasteiger partial charge in [-0.1, -0.05) is 13.8 Å². The molecular formula is C14H23ClN6O5. The van der Waals surface area contributed by atoms with Crippen LogP contribution in [0.3, 0.4) is 0 Å². The number of anilines is 1. The number of aliphatic hydroxyl groups is 1. The van der Waals surface area contributed by atoms with Gasteiger partial charge in [-0.25, -0.2) is 4.98 Å². The number of nitrogens with one attached hydrogen (secondary N) is 1. The summed E-state index contributed by atoms with van der Waals surface area (Å²) in [5.41, 5.74) is 11.1. The maximum Gasteiger partial charge on any atom is 0.323 e. The third-order valence-corrected chi connectivity index (χ3v) is 3.55. The van der Waals surface area contributed by atoms with Gasteiger partial charge in [-0.2, -0.15) is 4.98 Å². The van der Waals surface area contributed by atoms with E-state index in [1.807, 2.05) is 0 Å². The number of esters is 1. The number of hydrogen-bond donors (Lipinski definition) is 4. The number of nitrogens with two attached hydrogens (primary N) is 2. The zero-order valence-corrected chi connectivity index (χ0v) is 15.2. The summed E-state index contributed by atoms with van der Waals surface area (Å²) in [4.78, 5) is 33.7. The van der Waals surface area contributed by atoms with Crippen LogP contribution in [-0.4, -0.2) is 56.0 Å². The average molecular weight is 391 g/mol. The van der Waals surface area contributed by atoms with Crippen molar-refractivity contribution >= 4 is 35.5 Å². The molecule has 0 aliphatic heterocycles. The van der Waals surface area contributed by atoms with Gasteiger partial charge in [-0.3, -0.25) is 19.1 Å². The van der Waals surface area contributed by atoms with Gasteiger partial charge in [-0.05, 0) is 5.92 Å². The van der Waals surface area contributed by atoms with Crippen molar-refractivity contribution < 1.29 is 19.4 Å². The minimum absolute atomic E-state index is 0. The normalized spacial score (nSPS) is 13.4. The number of imidazole rings is 1. The number of nitrogen functional groups attached to an aromatic ring is 1. The van der Waals surface area contributed by atoms with Gasteiger partial charge in [-0.15, -0.1) is 12.4 Å². The lowest BCUT2D eigenvalue weighted by atomic mass is 10.1. The van der Waals surface area contributed by atoms with E-state index < -0.39 is 23.7 Å². The molecule has 0 aliphatic rings. The molecule has 2 aromatic heterocycles. The van der Waals surface area contributed by atoms with E-state index >= 15 is 0 Å². The molecule has 0 saturated carbocycles. The van der Waals surface area contributed by atoms with Crippen LogP contribution in [0.5, 0.6) is 0 Å². The maximum atomic E-state index is 11.7. The monoisotopic (exact) mass is 390 g/mol. The molecule has 2 atom stereocenters.